The largest absolute Gasteiger partial charge is 0.378 e. The maximum Gasteiger partial charge on any atom is 0.125 e. The molecule has 3 N–H and O–H groups in total. The SMILES string of the molecule is NCC1(Nc2cccc(F)c2)CCc2ccccc2C1. The summed E-state index contributed by atoms with van der Waals surface area (Å²) in [5.41, 5.74) is 9.39. The minimum atomic E-state index is -0.224. The maximum absolute atomic E-state index is 13.3. The standard InChI is InChI=1S/C17H19FN2/c18-15-6-3-7-16(10-15)20-17(12-19)9-8-13-4-1-2-5-14(13)11-17/h1-7,10,20H,8-9,11-12,19H2. The van der Waals surface area contributed by atoms with Gasteiger partial charge in [-0.15, -0.1) is 0 Å². The Morgan fingerprint density at radius 1 is 1.10 bits per heavy atom. The number of benzene rings is 2. The summed E-state index contributed by atoms with van der Waals surface area (Å²) in [5.74, 6) is -0.224. The molecule has 0 saturated carbocycles. The fraction of sp³-hybridized carbons (Fsp3) is 0.294. The molecule has 3 rings (SSSR count). The zero-order valence-electron chi connectivity index (χ0n) is 11.4. The van der Waals surface area contributed by atoms with Crippen molar-refractivity contribution in [1.29, 1.82) is 0 Å². The molecule has 0 aliphatic heterocycles. The summed E-state index contributed by atoms with van der Waals surface area (Å²) in [5, 5.41) is 3.46. The van der Waals surface area contributed by atoms with E-state index < -0.39 is 0 Å². The molecule has 0 amide bonds. The lowest BCUT2D eigenvalue weighted by atomic mass is 9.78. The van der Waals surface area contributed by atoms with E-state index >= 15 is 0 Å². The lowest BCUT2D eigenvalue weighted by Gasteiger charge is -2.39. The Morgan fingerprint density at radius 3 is 2.65 bits per heavy atom. The highest BCUT2D eigenvalue weighted by Gasteiger charge is 2.32. The number of nitrogens with two attached hydrogens (primary N) is 1. The highest BCUT2D eigenvalue weighted by Crippen LogP contribution is 2.31. The highest BCUT2D eigenvalue weighted by atomic mass is 19.1. The molecule has 1 atom stereocenters. The zero-order chi connectivity index (χ0) is 14.0. The molecular formula is C17H19FN2. The van der Waals surface area contributed by atoms with Crippen molar-refractivity contribution >= 4 is 5.69 Å². The molecule has 0 spiro atoms. The molecule has 0 fully saturated rings. The molecule has 2 nitrogen and oxygen atoms in total. The summed E-state index contributed by atoms with van der Waals surface area (Å²) in [7, 11) is 0. The average Bonchev–Trinajstić information content (AvgIpc) is 2.47. The highest BCUT2D eigenvalue weighted by molar-refractivity contribution is 5.48. The van der Waals surface area contributed by atoms with Crippen LogP contribution in [0.2, 0.25) is 0 Å². The fourth-order valence-electron chi connectivity index (χ4n) is 3.01. The van der Waals surface area contributed by atoms with Crippen LogP contribution in [-0.4, -0.2) is 12.1 Å². The van der Waals surface area contributed by atoms with E-state index in [2.05, 4.69) is 29.6 Å². The molecule has 0 aromatic heterocycles. The number of hydrogen-bond donors (Lipinski definition) is 2. The Hall–Kier alpha value is -1.87. The third-order valence-corrected chi connectivity index (χ3v) is 4.14. The van der Waals surface area contributed by atoms with Crippen molar-refractivity contribution in [2.45, 2.75) is 24.8 Å². The molecular weight excluding hydrogens is 251 g/mol. The summed E-state index contributed by atoms with van der Waals surface area (Å²) < 4.78 is 13.3. The minimum Gasteiger partial charge on any atom is -0.378 e. The Balaban J connectivity index is 1.86. The monoisotopic (exact) mass is 270 g/mol. The van der Waals surface area contributed by atoms with Gasteiger partial charge in [-0.25, -0.2) is 4.39 Å². The third-order valence-electron chi connectivity index (χ3n) is 4.14. The molecule has 1 unspecified atom stereocenters. The van der Waals surface area contributed by atoms with Crippen LogP contribution in [0.3, 0.4) is 0 Å². The van der Waals surface area contributed by atoms with Gasteiger partial charge in [0.25, 0.3) is 0 Å². The van der Waals surface area contributed by atoms with Gasteiger partial charge < -0.3 is 11.1 Å². The van der Waals surface area contributed by atoms with Crippen molar-refractivity contribution in [2.24, 2.45) is 5.73 Å². The second-order valence-corrected chi connectivity index (χ2v) is 5.57. The Kier molecular flexibility index (Phi) is 3.45. The first-order valence-electron chi connectivity index (χ1n) is 7.01. The zero-order valence-corrected chi connectivity index (χ0v) is 11.4. The van der Waals surface area contributed by atoms with Crippen LogP contribution in [-0.2, 0) is 12.8 Å². The van der Waals surface area contributed by atoms with E-state index in [9.17, 15) is 4.39 Å². The molecule has 0 heterocycles. The van der Waals surface area contributed by atoms with Crippen LogP contribution in [0.4, 0.5) is 10.1 Å². The van der Waals surface area contributed by atoms with Gasteiger partial charge in [0.05, 0.1) is 5.54 Å². The van der Waals surface area contributed by atoms with Gasteiger partial charge in [-0.2, -0.15) is 0 Å². The van der Waals surface area contributed by atoms with Crippen LogP contribution in [0.5, 0.6) is 0 Å². The van der Waals surface area contributed by atoms with Gasteiger partial charge in [0.15, 0.2) is 0 Å². The van der Waals surface area contributed by atoms with E-state index in [4.69, 9.17) is 5.73 Å². The van der Waals surface area contributed by atoms with Crippen LogP contribution in [0.15, 0.2) is 48.5 Å². The summed E-state index contributed by atoms with van der Waals surface area (Å²) in [6.07, 6.45) is 2.86. The molecule has 0 saturated heterocycles. The molecule has 2 aromatic carbocycles. The molecule has 1 aliphatic rings. The van der Waals surface area contributed by atoms with E-state index in [1.54, 1.807) is 6.07 Å². The first-order chi connectivity index (χ1) is 9.71. The molecule has 104 valence electrons. The van der Waals surface area contributed by atoms with Crippen LogP contribution < -0.4 is 11.1 Å². The number of halogens is 1. The number of aryl methyl sites for hydroxylation is 1. The fourth-order valence-corrected chi connectivity index (χ4v) is 3.01. The Bertz CT molecular complexity index is 611. The van der Waals surface area contributed by atoms with Crippen LogP contribution in [0, 0.1) is 5.82 Å². The number of fused-ring (bicyclic) bond motifs is 1. The number of hydrogen-bond acceptors (Lipinski definition) is 2. The van der Waals surface area contributed by atoms with E-state index in [0.29, 0.717) is 6.54 Å². The van der Waals surface area contributed by atoms with Gasteiger partial charge >= 0.3 is 0 Å². The quantitative estimate of drug-likeness (QED) is 0.899. The number of rotatable bonds is 3. The first-order valence-corrected chi connectivity index (χ1v) is 7.01. The Morgan fingerprint density at radius 2 is 1.90 bits per heavy atom. The number of anilines is 1. The molecule has 0 bridgehead atoms. The number of nitrogens with one attached hydrogen (secondary N) is 1. The van der Waals surface area contributed by atoms with Gasteiger partial charge in [0.1, 0.15) is 5.82 Å². The predicted octanol–water partition coefficient (Wildman–Crippen LogP) is 3.12. The van der Waals surface area contributed by atoms with Crippen molar-refractivity contribution < 1.29 is 4.39 Å². The lowest BCUT2D eigenvalue weighted by molar-refractivity contribution is 0.417. The molecule has 20 heavy (non-hydrogen) atoms. The summed E-state index contributed by atoms with van der Waals surface area (Å²) in [6.45, 7) is 0.540. The van der Waals surface area contributed by atoms with Crippen molar-refractivity contribution in [3.8, 4) is 0 Å². The van der Waals surface area contributed by atoms with E-state index in [0.717, 1.165) is 24.9 Å². The normalized spacial score (nSPS) is 21.3. The summed E-state index contributed by atoms with van der Waals surface area (Å²) in [4.78, 5) is 0. The topological polar surface area (TPSA) is 38.0 Å². The van der Waals surface area contributed by atoms with Crippen LogP contribution in [0.1, 0.15) is 17.5 Å². The third kappa shape index (κ3) is 2.54. The predicted molar refractivity (Wildman–Crippen MR) is 80.3 cm³/mol. The van der Waals surface area contributed by atoms with E-state index in [1.165, 1.54) is 23.3 Å². The van der Waals surface area contributed by atoms with Crippen molar-refractivity contribution in [3.63, 3.8) is 0 Å². The first kappa shape index (κ1) is 13.1. The second kappa shape index (κ2) is 5.25. The molecule has 0 radical (unpaired) electrons. The average molecular weight is 270 g/mol. The minimum absolute atomic E-state index is 0.178. The molecule has 3 heteroatoms. The smallest absolute Gasteiger partial charge is 0.125 e. The summed E-state index contributed by atoms with van der Waals surface area (Å²) in [6, 6.07) is 15.1. The van der Waals surface area contributed by atoms with Gasteiger partial charge in [-0.1, -0.05) is 30.3 Å². The van der Waals surface area contributed by atoms with E-state index in [-0.39, 0.29) is 11.4 Å². The molecule has 2 aromatic rings. The lowest BCUT2D eigenvalue weighted by Crippen LogP contribution is -2.49. The van der Waals surface area contributed by atoms with Gasteiger partial charge in [0, 0.05) is 12.2 Å². The summed E-state index contributed by atoms with van der Waals surface area (Å²) >= 11 is 0. The van der Waals surface area contributed by atoms with Gasteiger partial charge in [-0.05, 0) is 48.6 Å². The second-order valence-electron chi connectivity index (χ2n) is 5.57. The van der Waals surface area contributed by atoms with Crippen molar-refractivity contribution in [3.05, 3.63) is 65.5 Å². The van der Waals surface area contributed by atoms with Crippen molar-refractivity contribution in [2.75, 3.05) is 11.9 Å². The van der Waals surface area contributed by atoms with Crippen LogP contribution in [0.25, 0.3) is 0 Å². The van der Waals surface area contributed by atoms with Gasteiger partial charge in [-0.3, -0.25) is 0 Å². The van der Waals surface area contributed by atoms with Gasteiger partial charge in [0.2, 0.25) is 0 Å². The molecule has 1 aliphatic carbocycles. The van der Waals surface area contributed by atoms with Crippen LogP contribution >= 0.6 is 0 Å². The Labute approximate surface area is 118 Å². The maximum atomic E-state index is 13.3. The van der Waals surface area contributed by atoms with Crippen molar-refractivity contribution in [1.82, 2.24) is 0 Å². The van der Waals surface area contributed by atoms with E-state index in [1.807, 2.05) is 6.07 Å².